The zero-order valence-electron chi connectivity index (χ0n) is 12.9. The standard InChI is InChI=1S/C17H30O3/c1-19-15-11-7-3-6-10-14-17(18)20-16-12-8-4-2-5-9-13-16/h2,4,16H,3,5-15H2,1H3/b4-2+. The molecule has 1 aliphatic rings. The molecule has 0 fully saturated rings. The molecule has 1 atom stereocenters. The van der Waals surface area contributed by atoms with Crippen molar-refractivity contribution in [2.75, 3.05) is 13.7 Å². The number of hydrogen-bond acceptors (Lipinski definition) is 3. The molecule has 0 aromatic rings. The average molecular weight is 282 g/mol. The van der Waals surface area contributed by atoms with Gasteiger partial charge in [-0.2, -0.15) is 0 Å². The highest BCUT2D eigenvalue weighted by Gasteiger charge is 2.14. The molecular formula is C17H30O3. The first-order valence-corrected chi connectivity index (χ1v) is 8.16. The fourth-order valence-electron chi connectivity index (χ4n) is 2.53. The van der Waals surface area contributed by atoms with E-state index in [0.717, 1.165) is 58.0 Å². The van der Waals surface area contributed by atoms with Crippen molar-refractivity contribution in [1.82, 2.24) is 0 Å². The van der Waals surface area contributed by atoms with Crippen LogP contribution in [0.5, 0.6) is 0 Å². The second kappa shape index (κ2) is 12.0. The molecule has 0 aliphatic heterocycles. The third-order valence-electron chi connectivity index (χ3n) is 3.75. The molecule has 0 amide bonds. The summed E-state index contributed by atoms with van der Waals surface area (Å²) in [7, 11) is 1.74. The van der Waals surface area contributed by atoms with Crippen molar-refractivity contribution in [1.29, 1.82) is 0 Å². The van der Waals surface area contributed by atoms with Crippen LogP contribution in [0.3, 0.4) is 0 Å². The highest BCUT2D eigenvalue weighted by molar-refractivity contribution is 5.69. The number of hydrogen-bond donors (Lipinski definition) is 0. The van der Waals surface area contributed by atoms with Crippen LogP contribution in [0.2, 0.25) is 0 Å². The quantitative estimate of drug-likeness (QED) is 0.357. The fourth-order valence-corrected chi connectivity index (χ4v) is 2.53. The van der Waals surface area contributed by atoms with Gasteiger partial charge in [0.2, 0.25) is 0 Å². The normalized spacial score (nSPS) is 20.9. The summed E-state index contributed by atoms with van der Waals surface area (Å²) in [6.45, 7) is 0.845. The first-order valence-electron chi connectivity index (χ1n) is 8.16. The van der Waals surface area contributed by atoms with Gasteiger partial charge in [-0.15, -0.1) is 0 Å². The molecule has 0 spiro atoms. The van der Waals surface area contributed by atoms with E-state index in [1.54, 1.807) is 7.11 Å². The van der Waals surface area contributed by atoms with E-state index in [4.69, 9.17) is 9.47 Å². The molecule has 1 aliphatic carbocycles. The second-order valence-corrected chi connectivity index (χ2v) is 5.60. The number of ether oxygens (including phenoxy) is 2. The Labute approximate surface area is 123 Å². The summed E-state index contributed by atoms with van der Waals surface area (Å²) in [5.74, 6) is -0.00329. The average Bonchev–Trinajstić information content (AvgIpc) is 2.41. The predicted octanol–water partition coefficient (Wildman–Crippen LogP) is 4.41. The van der Waals surface area contributed by atoms with Gasteiger partial charge in [-0.05, 0) is 44.9 Å². The van der Waals surface area contributed by atoms with Crippen molar-refractivity contribution in [3.8, 4) is 0 Å². The molecule has 0 radical (unpaired) electrons. The van der Waals surface area contributed by atoms with Gasteiger partial charge in [-0.25, -0.2) is 0 Å². The lowest BCUT2D eigenvalue weighted by atomic mass is 10.0. The zero-order chi connectivity index (χ0) is 14.5. The number of rotatable bonds is 9. The highest BCUT2D eigenvalue weighted by atomic mass is 16.5. The summed E-state index contributed by atoms with van der Waals surface area (Å²) in [6, 6.07) is 0. The van der Waals surface area contributed by atoms with Gasteiger partial charge in [0, 0.05) is 20.1 Å². The molecule has 0 N–H and O–H groups in total. The minimum Gasteiger partial charge on any atom is -0.462 e. The van der Waals surface area contributed by atoms with Crippen LogP contribution < -0.4 is 0 Å². The third-order valence-corrected chi connectivity index (χ3v) is 3.75. The van der Waals surface area contributed by atoms with Gasteiger partial charge in [0.15, 0.2) is 0 Å². The Hall–Kier alpha value is -0.830. The van der Waals surface area contributed by atoms with Crippen LogP contribution in [0, 0.1) is 0 Å². The Morgan fingerprint density at radius 1 is 1.05 bits per heavy atom. The third kappa shape index (κ3) is 9.13. The number of carbonyl (C=O) groups is 1. The van der Waals surface area contributed by atoms with Gasteiger partial charge >= 0.3 is 5.97 Å². The topological polar surface area (TPSA) is 35.5 Å². The van der Waals surface area contributed by atoms with Crippen molar-refractivity contribution < 1.29 is 14.3 Å². The van der Waals surface area contributed by atoms with Crippen LogP contribution in [0.15, 0.2) is 12.2 Å². The number of esters is 1. The molecule has 0 saturated heterocycles. The van der Waals surface area contributed by atoms with E-state index in [1.165, 1.54) is 12.8 Å². The first-order chi connectivity index (χ1) is 9.83. The Kier molecular flexibility index (Phi) is 10.3. The van der Waals surface area contributed by atoms with Crippen LogP contribution in [0.1, 0.15) is 70.6 Å². The van der Waals surface area contributed by atoms with Crippen LogP contribution in [-0.4, -0.2) is 25.8 Å². The molecule has 1 rings (SSSR count). The molecule has 20 heavy (non-hydrogen) atoms. The maximum atomic E-state index is 11.8. The Morgan fingerprint density at radius 3 is 2.65 bits per heavy atom. The fraction of sp³-hybridized carbons (Fsp3) is 0.824. The van der Waals surface area contributed by atoms with E-state index in [-0.39, 0.29) is 12.1 Å². The van der Waals surface area contributed by atoms with Crippen molar-refractivity contribution >= 4 is 5.97 Å². The van der Waals surface area contributed by atoms with E-state index >= 15 is 0 Å². The molecule has 0 saturated carbocycles. The van der Waals surface area contributed by atoms with Gasteiger partial charge in [0.1, 0.15) is 6.10 Å². The molecule has 116 valence electrons. The highest BCUT2D eigenvalue weighted by Crippen LogP contribution is 2.16. The summed E-state index contributed by atoms with van der Waals surface area (Å²) in [5, 5.41) is 0. The molecule has 0 heterocycles. The van der Waals surface area contributed by atoms with Crippen molar-refractivity contribution in [3.63, 3.8) is 0 Å². The van der Waals surface area contributed by atoms with Crippen LogP contribution in [-0.2, 0) is 14.3 Å². The Morgan fingerprint density at radius 2 is 1.80 bits per heavy atom. The van der Waals surface area contributed by atoms with Gasteiger partial charge in [0.05, 0.1) is 0 Å². The predicted molar refractivity (Wildman–Crippen MR) is 81.7 cm³/mol. The first kappa shape index (κ1) is 17.2. The number of carbonyl (C=O) groups excluding carboxylic acids is 1. The molecule has 0 bridgehead atoms. The minimum atomic E-state index is -0.00329. The van der Waals surface area contributed by atoms with Crippen molar-refractivity contribution in [3.05, 3.63) is 12.2 Å². The molecular weight excluding hydrogens is 252 g/mol. The van der Waals surface area contributed by atoms with E-state index in [9.17, 15) is 4.79 Å². The van der Waals surface area contributed by atoms with Gasteiger partial charge < -0.3 is 9.47 Å². The van der Waals surface area contributed by atoms with Crippen LogP contribution in [0.25, 0.3) is 0 Å². The molecule has 1 unspecified atom stereocenters. The lowest BCUT2D eigenvalue weighted by Gasteiger charge is -2.18. The summed E-state index contributed by atoms with van der Waals surface area (Å²) in [4.78, 5) is 11.8. The monoisotopic (exact) mass is 282 g/mol. The van der Waals surface area contributed by atoms with E-state index < -0.39 is 0 Å². The number of unbranched alkanes of at least 4 members (excludes halogenated alkanes) is 4. The van der Waals surface area contributed by atoms with Crippen molar-refractivity contribution in [2.45, 2.75) is 76.7 Å². The summed E-state index contributed by atoms with van der Waals surface area (Å²) in [5.41, 5.74) is 0. The lowest BCUT2D eigenvalue weighted by molar-refractivity contribution is -0.149. The maximum absolute atomic E-state index is 11.8. The molecule has 0 aromatic carbocycles. The number of allylic oxidation sites excluding steroid dienone is 2. The lowest BCUT2D eigenvalue weighted by Crippen LogP contribution is -2.18. The second-order valence-electron chi connectivity index (χ2n) is 5.60. The van der Waals surface area contributed by atoms with Crippen LogP contribution in [0.4, 0.5) is 0 Å². The van der Waals surface area contributed by atoms with E-state index in [2.05, 4.69) is 12.2 Å². The number of methoxy groups -OCH3 is 1. The molecule has 0 aromatic heterocycles. The van der Waals surface area contributed by atoms with Crippen molar-refractivity contribution in [2.24, 2.45) is 0 Å². The van der Waals surface area contributed by atoms with E-state index in [0.29, 0.717) is 6.42 Å². The summed E-state index contributed by atoms with van der Waals surface area (Å²) in [6.07, 6.45) is 16.0. The summed E-state index contributed by atoms with van der Waals surface area (Å²) < 4.78 is 10.6. The van der Waals surface area contributed by atoms with E-state index in [1.807, 2.05) is 0 Å². The van der Waals surface area contributed by atoms with Gasteiger partial charge in [0.25, 0.3) is 0 Å². The van der Waals surface area contributed by atoms with Gasteiger partial charge in [-0.3, -0.25) is 4.79 Å². The maximum Gasteiger partial charge on any atom is 0.306 e. The largest absolute Gasteiger partial charge is 0.462 e. The zero-order valence-corrected chi connectivity index (χ0v) is 12.9. The molecule has 3 heteroatoms. The summed E-state index contributed by atoms with van der Waals surface area (Å²) >= 11 is 0. The Balaban J connectivity index is 2.00. The molecule has 3 nitrogen and oxygen atoms in total. The van der Waals surface area contributed by atoms with Crippen LogP contribution >= 0.6 is 0 Å². The smallest absolute Gasteiger partial charge is 0.306 e. The van der Waals surface area contributed by atoms with Gasteiger partial charge in [-0.1, -0.05) is 31.4 Å². The SMILES string of the molecule is COCCCCCCCC(=O)OC1CC/C=C/CCC1. The minimum absolute atomic E-state index is 0.00329. The Bertz CT molecular complexity index is 273.